The molecule has 2 atom stereocenters. The van der Waals surface area contributed by atoms with Crippen LogP contribution in [-0.4, -0.2) is 28.3 Å². The average molecular weight is 339 g/mol. The lowest BCUT2D eigenvalue weighted by Crippen LogP contribution is -2.42. The first-order valence-electron chi connectivity index (χ1n) is 7.20. The number of hydrogen-bond donors (Lipinski definition) is 3. The van der Waals surface area contributed by atoms with Gasteiger partial charge in [0, 0.05) is 6.42 Å². The third-order valence-electron chi connectivity index (χ3n) is 3.60. The number of aliphatic hydroxyl groups excluding tert-OH is 1. The number of carbonyl (C=O) groups excluding carboxylic acids is 1. The van der Waals surface area contributed by atoms with Gasteiger partial charge in [-0.2, -0.15) is 4.39 Å². The number of halogens is 3. The molecule has 0 spiro atoms. The van der Waals surface area contributed by atoms with Crippen LogP contribution in [0.1, 0.15) is 22.8 Å². The molecular weight excluding hydrogens is 323 g/mol. The maximum Gasteiger partial charge on any atom is 0.254 e. The molecule has 0 saturated carbocycles. The zero-order valence-corrected chi connectivity index (χ0v) is 12.8. The molecule has 2 aromatic rings. The summed E-state index contributed by atoms with van der Waals surface area (Å²) in [5, 5.41) is 21.5. The summed E-state index contributed by atoms with van der Waals surface area (Å²) in [6, 6.07) is 8.58. The number of aromatic hydroxyl groups is 1. The predicted molar refractivity (Wildman–Crippen MR) is 81.1 cm³/mol. The Bertz CT molecular complexity index is 738. The second-order valence-corrected chi connectivity index (χ2v) is 5.40. The van der Waals surface area contributed by atoms with Crippen molar-refractivity contribution >= 4 is 5.91 Å². The van der Waals surface area contributed by atoms with Gasteiger partial charge in [0.25, 0.3) is 5.91 Å². The highest BCUT2D eigenvalue weighted by Gasteiger charge is 2.25. The van der Waals surface area contributed by atoms with Crippen molar-refractivity contribution in [3.8, 4) is 5.75 Å². The fourth-order valence-electron chi connectivity index (χ4n) is 2.17. The molecule has 0 radical (unpaired) electrons. The molecule has 4 nitrogen and oxygen atoms in total. The van der Waals surface area contributed by atoms with E-state index in [1.807, 2.05) is 6.07 Å². The zero-order valence-electron chi connectivity index (χ0n) is 12.8. The van der Waals surface area contributed by atoms with Crippen molar-refractivity contribution in [3.05, 3.63) is 65.0 Å². The van der Waals surface area contributed by atoms with Gasteiger partial charge in [0.15, 0.2) is 17.4 Å². The summed E-state index contributed by atoms with van der Waals surface area (Å²) in [5.41, 5.74) is -0.00656. The Labute approximate surface area is 136 Å². The first-order valence-corrected chi connectivity index (χ1v) is 7.20. The third kappa shape index (κ3) is 3.86. The lowest BCUT2D eigenvalue weighted by molar-refractivity contribution is 0.0846. The monoisotopic (exact) mass is 339 g/mol. The number of hydrogen-bond acceptors (Lipinski definition) is 3. The number of carbonyl (C=O) groups is 1. The van der Waals surface area contributed by atoms with Crippen LogP contribution in [0.5, 0.6) is 5.75 Å². The molecule has 24 heavy (non-hydrogen) atoms. The lowest BCUT2D eigenvalue weighted by Gasteiger charge is -2.20. The van der Waals surface area contributed by atoms with Gasteiger partial charge in [-0.1, -0.05) is 30.3 Å². The largest absolute Gasteiger partial charge is 0.503 e. The molecule has 0 aliphatic carbocycles. The molecule has 3 N–H and O–H groups in total. The zero-order chi connectivity index (χ0) is 17.9. The van der Waals surface area contributed by atoms with Crippen LogP contribution in [0.3, 0.4) is 0 Å². The van der Waals surface area contributed by atoms with Crippen molar-refractivity contribution in [2.45, 2.75) is 25.5 Å². The predicted octanol–water partition coefficient (Wildman–Crippen LogP) is 2.53. The lowest BCUT2D eigenvalue weighted by atomic mass is 10.0. The molecule has 1 amide bonds. The van der Waals surface area contributed by atoms with Gasteiger partial charge in [0.1, 0.15) is 0 Å². The van der Waals surface area contributed by atoms with E-state index in [1.165, 1.54) is 6.92 Å². The van der Waals surface area contributed by atoms with Gasteiger partial charge in [0.2, 0.25) is 5.82 Å². The Morgan fingerprint density at radius 3 is 2.42 bits per heavy atom. The van der Waals surface area contributed by atoms with E-state index in [9.17, 15) is 23.1 Å². The number of nitrogens with one attached hydrogen (secondary N) is 1. The molecule has 0 aliphatic rings. The maximum atomic E-state index is 13.7. The van der Waals surface area contributed by atoms with Gasteiger partial charge in [-0.25, -0.2) is 8.78 Å². The normalized spacial score (nSPS) is 13.4. The van der Waals surface area contributed by atoms with Crippen molar-refractivity contribution in [2.75, 3.05) is 0 Å². The van der Waals surface area contributed by atoms with Gasteiger partial charge in [-0.05, 0) is 18.6 Å². The molecule has 2 rings (SSSR count). The van der Waals surface area contributed by atoms with E-state index in [0.717, 1.165) is 5.56 Å². The second kappa shape index (κ2) is 7.35. The fourth-order valence-corrected chi connectivity index (χ4v) is 2.17. The molecule has 0 bridgehead atoms. The Kier molecular flexibility index (Phi) is 5.46. The fraction of sp³-hybridized carbons (Fsp3) is 0.235. The summed E-state index contributed by atoms with van der Waals surface area (Å²) in [6.45, 7) is 1.49. The molecule has 0 aromatic heterocycles. The van der Waals surface area contributed by atoms with E-state index in [1.54, 1.807) is 24.3 Å². The van der Waals surface area contributed by atoms with Crippen molar-refractivity contribution in [2.24, 2.45) is 0 Å². The van der Waals surface area contributed by atoms with Gasteiger partial charge in [0.05, 0.1) is 17.7 Å². The number of phenols is 1. The summed E-state index contributed by atoms with van der Waals surface area (Å²) >= 11 is 0. The van der Waals surface area contributed by atoms with E-state index >= 15 is 0 Å². The Morgan fingerprint density at radius 2 is 1.79 bits per heavy atom. The summed E-state index contributed by atoms with van der Waals surface area (Å²) in [6.07, 6.45) is -0.730. The molecule has 0 fully saturated rings. The van der Waals surface area contributed by atoms with E-state index in [4.69, 9.17) is 5.11 Å². The summed E-state index contributed by atoms with van der Waals surface area (Å²) in [4.78, 5) is 12.0. The van der Waals surface area contributed by atoms with Crippen LogP contribution < -0.4 is 5.32 Å². The molecule has 0 unspecified atom stereocenters. The molecule has 7 heteroatoms. The van der Waals surface area contributed by atoms with Crippen molar-refractivity contribution in [1.82, 2.24) is 5.32 Å². The topological polar surface area (TPSA) is 69.6 Å². The van der Waals surface area contributed by atoms with Crippen LogP contribution in [0.4, 0.5) is 13.2 Å². The molecule has 0 saturated heterocycles. The van der Waals surface area contributed by atoms with Crippen molar-refractivity contribution in [1.29, 1.82) is 0 Å². The molecule has 2 aromatic carbocycles. The quantitative estimate of drug-likeness (QED) is 0.733. The van der Waals surface area contributed by atoms with Gasteiger partial charge in [-0.15, -0.1) is 0 Å². The van der Waals surface area contributed by atoms with E-state index in [0.29, 0.717) is 6.07 Å². The number of amides is 1. The first kappa shape index (κ1) is 17.8. The van der Waals surface area contributed by atoms with E-state index < -0.39 is 46.8 Å². The van der Waals surface area contributed by atoms with Gasteiger partial charge in [-0.3, -0.25) is 4.79 Å². The number of aliphatic hydroxyl groups is 1. The van der Waals surface area contributed by atoms with Gasteiger partial charge >= 0.3 is 0 Å². The molecular formula is C17H16F3NO3. The van der Waals surface area contributed by atoms with Crippen LogP contribution in [-0.2, 0) is 6.42 Å². The van der Waals surface area contributed by atoms with Crippen LogP contribution in [0.2, 0.25) is 0 Å². The minimum absolute atomic E-state index is 0.244. The van der Waals surface area contributed by atoms with Crippen LogP contribution in [0.25, 0.3) is 0 Å². The average Bonchev–Trinajstić information content (AvgIpc) is 2.56. The SMILES string of the molecule is C[C@H](NC(=O)c1cc(F)c(F)c(O)c1F)[C@H](O)Cc1ccccc1. The van der Waals surface area contributed by atoms with E-state index in [-0.39, 0.29) is 6.42 Å². The highest BCUT2D eigenvalue weighted by molar-refractivity contribution is 5.95. The Balaban J connectivity index is 2.09. The van der Waals surface area contributed by atoms with Crippen LogP contribution >= 0.6 is 0 Å². The number of phenolic OH excluding ortho intramolecular Hbond substituents is 1. The Morgan fingerprint density at radius 1 is 1.17 bits per heavy atom. The minimum Gasteiger partial charge on any atom is -0.503 e. The van der Waals surface area contributed by atoms with Crippen LogP contribution in [0, 0.1) is 17.5 Å². The number of benzene rings is 2. The maximum absolute atomic E-state index is 13.7. The first-order chi connectivity index (χ1) is 11.3. The van der Waals surface area contributed by atoms with Gasteiger partial charge < -0.3 is 15.5 Å². The number of rotatable bonds is 5. The highest BCUT2D eigenvalue weighted by atomic mass is 19.2. The van der Waals surface area contributed by atoms with Crippen LogP contribution in [0.15, 0.2) is 36.4 Å². The molecule has 128 valence electrons. The summed E-state index contributed by atoms with van der Waals surface area (Å²) < 4.78 is 40.0. The third-order valence-corrected chi connectivity index (χ3v) is 3.60. The summed E-state index contributed by atoms with van der Waals surface area (Å²) in [5.74, 6) is -7.49. The summed E-state index contributed by atoms with van der Waals surface area (Å²) in [7, 11) is 0. The smallest absolute Gasteiger partial charge is 0.254 e. The minimum atomic E-state index is -1.76. The van der Waals surface area contributed by atoms with E-state index in [2.05, 4.69) is 5.32 Å². The Hall–Kier alpha value is -2.54. The molecule has 0 heterocycles. The van der Waals surface area contributed by atoms with Crippen molar-refractivity contribution < 1.29 is 28.2 Å². The standard InChI is InChI=1S/C17H16F3NO3/c1-9(13(22)7-10-5-3-2-4-6-10)21-17(24)11-8-12(18)15(20)16(23)14(11)19/h2-6,8-9,13,22-23H,7H2,1H3,(H,21,24)/t9-,13+/m0/s1. The highest BCUT2D eigenvalue weighted by Crippen LogP contribution is 2.25. The molecule has 0 aliphatic heterocycles. The van der Waals surface area contributed by atoms with Crippen molar-refractivity contribution in [3.63, 3.8) is 0 Å². The second-order valence-electron chi connectivity index (χ2n) is 5.40.